The molecule has 1 heterocycles. The molecular formula is C14H26N2O2S. The SMILES string of the molecule is CCC(C)C1NC(=O)C(C)N(C(CC)CSC)C1=O. The van der Waals surface area contributed by atoms with Gasteiger partial charge in [-0.15, -0.1) is 0 Å². The molecule has 0 spiro atoms. The molecule has 1 aliphatic rings. The van der Waals surface area contributed by atoms with E-state index in [9.17, 15) is 9.59 Å². The van der Waals surface area contributed by atoms with Gasteiger partial charge in [-0.1, -0.05) is 27.2 Å². The van der Waals surface area contributed by atoms with Crippen LogP contribution in [0.15, 0.2) is 0 Å². The molecule has 0 saturated carbocycles. The van der Waals surface area contributed by atoms with E-state index in [-0.39, 0.29) is 35.9 Å². The maximum atomic E-state index is 12.7. The number of piperazine rings is 1. The molecule has 5 heteroatoms. The van der Waals surface area contributed by atoms with Gasteiger partial charge in [-0.05, 0) is 25.5 Å². The number of nitrogens with one attached hydrogen (secondary N) is 1. The summed E-state index contributed by atoms with van der Waals surface area (Å²) in [5, 5.41) is 2.88. The highest BCUT2D eigenvalue weighted by Crippen LogP contribution is 2.22. The summed E-state index contributed by atoms with van der Waals surface area (Å²) in [6.07, 6.45) is 3.81. The van der Waals surface area contributed by atoms with Crippen LogP contribution in [0.25, 0.3) is 0 Å². The maximum Gasteiger partial charge on any atom is 0.246 e. The Labute approximate surface area is 120 Å². The van der Waals surface area contributed by atoms with Gasteiger partial charge in [0.1, 0.15) is 12.1 Å². The predicted molar refractivity (Wildman–Crippen MR) is 80.2 cm³/mol. The molecule has 19 heavy (non-hydrogen) atoms. The van der Waals surface area contributed by atoms with Crippen LogP contribution in [0.5, 0.6) is 0 Å². The quantitative estimate of drug-likeness (QED) is 0.811. The van der Waals surface area contributed by atoms with Crippen LogP contribution in [0.2, 0.25) is 0 Å². The fourth-order valence-corrected chi connectivity index (χ4v) is 3.30. The fourth-order valence-electron chi connectivity index (χ4n) is 2.52. The molecule has 2 amide bonds. The number of carbonyl (C=O) groups is 2. The molecular weight excluding hydrogens is 260 g/mol. The van der Waals surface area contributed by atoms with Crippen molar-refractivity contribution in [3.63, 3.8) is 0 Å². The van der Waals surface area contributed by atoms with Crippen molar-refractivity contribution in [1.29, 1.82) is 0 Å². The molecule has 4 nitrogen and oxygen atoms in total. The van der Waals surface area contributed by atoms with Gasteiger partial charge in [0.15, 0.2) is 0 Å². The standard InChI is InChI=1S/C14H26N2O2S/c1-6-9(3)12-14(18)16(10(4)13(17)15-12)11(7-2)8-19-5/h9-12H,6-8H2,1-5H3,(H,15,17). The highest BCUT2D eigenvalue weighted by molar-refractivity contribution is 7.98. The van der Waals surface area contributed by atoms with E-state index in [1.54, 1.807) is 11.8 Å². The Balaban J connectivity index is 2.98. The van der Waals surface area contributed by atoms with Gasteiger partial charge in [0.25, 0.3) is 0 Å². The Bertz CT molecular complexity index is 335. The van der Waals surface area contributed by atoms with E-state index in [0.717, 1.165) is 18.6 Å². The van der Waals surface area contributed by atoms with E-state index in [1.807, 2.05) is 31.9 Å². The molecule has 0 radical (unpaired) electrons. The lowest BCUT2D eigenvalue weighted by Crippen LogP contribution is -2.66. The minimum absolute atomic E-state index is 0.0237. The van der Waals surface area contributed by atoms with E-state index in [0.29, 0.717) is 0 Å². The lowest BCUT2D eigenvalue weighted by molar-refractivity contribution is -0.152. The molecule has 0 aromatic rings. The number of carbonyl (C=O) groups excluding carboxylic acids is 2. The molecule has 1 aliphatic heterocycles. The zero-order valence-electron chi connectivity index (χ0n) is 12.6. The number of thioether (sulfide) groups is 1. The van der Waals surface area contributed by atoms with E-state index in [1.165, 1.54) is 0 Å². The molecule has 0 aromatic heterocycles. The van der Waals surface area contributed by atoms with Crippen LogP contribution < -0.4 is 5.32 Å². The minimum atomic E-state index is -0.357. The van der Waals surface area contributed by atoms with E-state index in [4.69, 9.17) is 0 Å². The largest absolute Gasteiger partial charge is 0.342 e. The fraction of sp³-hybridized carbons (Fsp3) is 0.857. The predicted octanol–water partition coefficient (Wildman–Crippen LogP) is 1.89. The summed E-state index contributed by atoms with van der Waals surface area (Å²) in [7, 11) is 0. The van der Waals surface area contributed by atoms with E-state index >= 15 is 0 Å². The van der Waals surface area contributed by atoms with E-state index in [2.05, 4.69) is 12.2 Å². The molecule has 1 fully saturated rings. The van der Waals surface area contributed by atoms with Crippen molar-refractivity contribution < 1.29 is 9.59 Å². The summed E-state index contributed by atoms with van der Waals surface area (Å²) < 4.78 is 0. The van der Waals surface area contributed by atoms with Crippen LogP contribution in [0, 0.1) is 5.92 Å². The van der Waals surface area contributed by atoms with Crippen LogP contribution >= 0.6 is 11.8 Å². The van der Waals surface area contributed by atoms with Gasteiger partial charge in [0.05, 0.1) is 0 Å². The molecule has 1 N–H and O–H groups in total. The van der Waals surface area contributed by atoms with Gasteiger partial charge in [-0.3, -0.25) is 9.59 Å². The second-order valence-electron chi connectivity index (χ2n) is 5.31. The van der Waals surface area contributed by atoms with Gasteiger partial charge >= 0.3 is 0 Å². The van der Waals surface area contributed by atoms with E-state index < -0.39 is 0 Å². The zero-order chi connectivity index (χ0) is 14.6. The summed E-state index contributed by atoms with van der Waals surface area (Å²) in [5.74, 6) is 1.12. The van der Waals surface area contributed by atoms with Crippen molar-refractivity contribution in [2.75, 3.05) is 12.0 Å². The Hall–Kier alpha value is -0.710. The molecule has 4 unspecified atom stereocenters. The van der Waals surface area contributed by atoms with Gasteiger partial charge in [-0.2, -0.15) is 11.8 Å². The topological polar surface area (TPSA) is 49.4 Å². The molecule has 0 bridgehead atoms. The van der Waals surface area contributed by atoms with Crippen molar-refractivity contribution in [2.45, 2.75) is 58.7 Å². The third kappa shape index (κ3) is 3.44. The average Bonchev–Trinajstić information content (AvgIpc) is 2.41. The highest BCUT2D eigenvalue weighted by Gasteiger charge is 2.42. The van der Waals surface area contributed by atoms with Gasteiger partial charge in [0, 0.05) is 11.8 Å². The van der Waals surface area contributed by atoms with Crippen LogP contribution in [-0.4, -0.2) is 46.8 Å². The maximum absolute atomic E-state index is 12.7. The number of nitrogens with zero attached hydrogens (tertiary/aromatic N) is 1. The minimum Gasteiger partial charge on any atom is -0.342 e. The summed E-state index contributed by atoms with van der Waals surface area (Å²) in [5.41, 5.74) is 0. The lowest BCUT2D eigenvalue weighted by atomic mass is 9.93. The van der Waals surface area contributed by atoms with Crippen LogP contribution in [0.4, 0.5) is 0 Å². The number of rotatable bonds is 6. The van der Waals surface area contributed by atoms with Crippen molar-refractivity contribution in [1.82, 2.24) is 10.2 Å². The Morgan fingerprint density at radius 3 is 2.42 bits per heavy atom. The van der Waals surface area contributed by atoms with Crippen LogP contribution in [-0.2, 0) is 9.59 Å². The van der Waals surface area contributed by atoms with Crippen LogP contribution in [0.3, 0.4) is 0 Å². The first kappa shape index (κ1) is 16.3. The smallest absolute Gasteiger partial charge is 0.246 e. The first-order valence-corrected chi connectivity index (χ1v) is 8.48. The monoisotopic (exact) mass is 286 g/mol. The number of hydrogen-bond donors (Lipinski definition) is 1. The molecule has 110 valence electrons. The summed E-state index contributed by atoms with van der Waals surface area (Å²) in [6.45, 7) is 7.97. The summed E-state index contributed by atoms with van der Waals surface area (Å²) in [4.78, 5) is 26.6. The lowest BCUT2D eigenvalue weighted by Gasteiger charge is -2.43. The Morgan fingerprint density at radius 2 is 1.95 bits per heavy atom. The first-order valence-electron chi connectivity index (χ1n) is 7.09. The summed E-state index contributed by atoms with van der Waals surface area (Å²) in [6, 6.07) is -0.565. The number of hydrogen-bond acceptors (Lipinski definition) is 3. The van der Waals surface area contributed by atoms with Gasteiger partial charge < -0.3 is 10.2 Å². The molecule has 0 aromatic carbocycles. The number of amides is 2. The van der Waals surface area contributed by atoms with Gasteiger partial charge in [0.2, 0.25) is 11.8 Å². The molecule has 1 rings (SSSR count). The van der Waals surface area contributed by atoms with Gasteiger partial charge in [-0.25, -0.2) is 0 Å². The highest BCUT2D eigenvalue weighted by atomic mass is 32.2. The molecule has 0 aliphatic carbocycles. The van der Waals surface area contributed by atoms with Crippen molar-refractivity contribution >= 4 is 23.6 Å². The van der Waals surface area contributed by atoms with Crippen molar-refractivity contribution in [2.24, 2.45) is 5.92 Å². The first-order chi connectivity index (χ1) is 8.97. The molecule has 4 atom stereocenters. The second-order valence-corrected chi connectivity index (χ2v) is 6.22. The molecule has 1 saturated heterocycles. The Kier molecular flexibility index (Phi) is 6.17. The average molecular weight is 286 g/mol. The zero-order valence-corrected chi connectivity index (χ0v) is 13.4. The third-order valence-electron chi connectivity index (χ3n) is 4.05. The van der Waals surface area contributed by atoms with Crippen molar-refractivity contribution in [3.8, 4) is 0 Å². The van der Waals surface area contributed by atoms with Crippen molar-refractivity contribution in [3.05, 3.63) is 0 Å². The second kappa shape index (κ2) is 7.17. The van der Waals surface area contributed by atoms with Crippen LogP contribution in [0.1, 0.15) is 40.5 Å². The Morgan fingerprint density at radius 1 is 1.32 bits per heavy atom. The normalized spacial score (nSPS) is 27.1. The third-order valence-corrected chi connectivity index (χ3v) is 4.77. The summed E-state index contributed by atoms with van der Waals surface area (Å²) >= 11 is 1.72.